The average Bonchev–Trinajstić information content (AvgIpc) is 2.50. The van der Waals surface area contributed by atoms with Crippen LogP contribution in [-0.4, -0.2) is 37.1 Å². The molecule has 0 radical (unpaired) electrons. The molecule has 2 unspecified atom stereocenters. The molecule has 1 N–H and O–H groups in total. The summed E-state index contributed by atoms with van der Waals surface area (Å²) in [6.45, 7) is 11.4. The summed E-state index contributed by atoms with van der Waals surface area (Å²) in [5.41, 5.74) is 3.16. The molecule has 0 saturated heterocycles. The first-order valence-corrected chi connectivity index (χ1v) is 8.28. The summed E-state index contributed by atoms with van der Waals surface area (Å²) in [5.74, 6) is 0.708. The third-order valence-corrected chi connectivity index (χ3v) is 4.63. The number of nitrogens with zero attached hydrogens (tertiary/aromatic N) is 1. The second-order valence-electron chi connectivity index (χ2n) is 6.08. The van der Waals surface area contributed by atoms with Crippen molar-refractivity contribution in [2.45, 2.75) is 52.0 Å². The van der Waals surface area contributed by atoms with E-state index in [9.17, 15) is 0 Å². The van der Waals surface area contributed by atoms with Gasteiger partial charge < -0.3 is 10.2 Å². The Bertz CT molecular complexity index is 398. The van der Waals surface area contributed by atoms with E-state index >= 15 is 0 Å². The first kappa shape index (κ1) is 15.5. The summed E-state index contributed by atoms with van der Waals surface area (Å²) in [4.78, 5) is 2.49. The number of hydrogen-bond acceptors (Lipinski definition) is 2. The van der Waals surface area contributed by atoms with Crippen LogP contribution in [0.15, 0.2) is 24.3 Å². The molecule has 20 heavy (non-hydrogen) atoms. The minimum Gasteiger partial charge on any atom is -0.312 e. The van der Waals surface area contributed by atoms with Crippen molar-refractivity contribution in [2.24, 2.45) is 0 Å². The van der Waals surface area contributed by atoms with Gasteiger partial charge in [-0.1, -0.05) is 38.1 Å². The van der Waals surface area contributed by atoms with E-state index < -0.39 is 0 Å². The molecule has 2 rings (SSSR count). The van der Waals surface area contributed by atoms with Crippen LogP contribution >= 0.6 is 0 Å². The van der Waals surface area contributed by atoms with Crippen molar-refractivity contribution in [3.8, 4) is 0 Å². The van der Waals surface area contributed by atoms with Crippen LogP contribution in [-0.2, 0) is 6.42 Å². The Morgan fingerprint density at radius 2 is 2.00 bits per heavy atom. The largest absolute Gasteiger partial charge is 0.312 e. The quantitative estimate of drug-likeness (QED) is 0.819. The Labute approximate surface area is 124 Å². The molecule has 112 valence electrons. The first-order chi connectivity index (χ1) is 9.74. The van der Waals surface area contributed by atoms with E-state index in [1.807, 2.05) is 0 Å². The summed E-state index contributed by atoms with van der Waals surface area (Å²) in [5, 5.41) is 3.75. The van der Waals surface area contributed by atoms with Crippen molar-refractivity contribution < 1.29 is 0 Å². The number of nitrogens with one attached hydrogen (secondary N) is 1. The summed E-state index contributed by atoms with van der Waals surface area (Å²) in [6, 6.07) is 9.58. The lowest BCUT2D eigenvalue weighted by atomic mass is 9.83. The van der Waals surface area contributed by atoms with Gasteiger partial charge in [0.05, 0.1) is 0 Å². The van der Waals surface area contributed by atoms with Crippen LogP contribution in [0.1, 0.15) is 50.7 Å². The maximum absolute atomic E-state index is 3.75. The van der Waals surface area contributed by atoms with Gasteiger partial charge >= 0.3 is 0 Å². The fourth-order valence-corrected chi connectivity index (χ4v) is 3.34. The minimum absolute atomic E-state index is 0.573. The van der Waals surface area contributed by atoms with Gasteiger partial charge in [-0.25, -0.2) is 0 Å². The van der Waals surface area contributed by atoms with E-state index in [0.717, 1.165) is 26.2 Å². The lowest BCUT2D eigenvalue weighted by Crippen LogP contribution is -2.41. The van der Waals surface area contributed by atoms with Crippen molar-refractivity contribution in [2.75, 3.05) is 26.2 Å². The molecule has 0 aromatic heterocycles. The number of aryl methyl sites for hydroxylation is 1. The Kier molecular flexibility index (Phi) is 6.06. The molecule has 2 nitrogen and oxygen atoms in total. The van der Waals surface area contributed by atoms with Gasteiger partial charge in [0.15, 0.2) is 0 Å². The standard InChI is InChI=1S/C18H30N2/c1-4-20(5-2)14-15(3)19-13-17-11-8-10-16-9-6-7-12-18(16)17/h6-7,9,12,15,17,19H,4-5,8,10-11,13-14H2,1-3H3. The van der Waals surface area contributed by atoms with E-state index in [1.54, 1.807) is 11.1 Å². The van der Waals surface area contributed by atoms with Gasteiger partial charge in [-0.15, -0.1) is 0 Å². The Hall–Kier alpha value is -0.860. The Morgan fingerprint density at radius 3 is 2.75 bits per heavy atom. The highest BCUT2D eigenvalue weighted by Crippen LogP contribution is 2.30. The average molecular weight is 274 g/mol. The number of fused-ring (bicyclic) bond motifs is 1. The molecule has 1 aromatic rings. The SMILES string of the molecule is CCN(CC)CC(C)NCC1CCCc2ccccc21. The number of rotatable bonds is 7. The Balaban J connectivity index is 1.86. The van der Waals surface area contributed by atoms with Crippen molar-refractivity contribution in [1.82, 2.24) is 10.2 Å². The zero-order valence-corrected chi connectivity index (χ0v) is 13.4. The zero-order chi connectivity index (χ0) is 14.4. The number of benzene rings is 1. The van der Waals surface area contributed by atoms with Gasteiger partial charge in [0.1, 0.15) is 0 Å². The molecule has 0 amide bonds. The molecule has 2 atom stereocenters. The molecule has 1 aromatic carbocycles. The lowest BCUT2D eigenvalue weighted by molar-refractivity contribution is 0.268. The van der Waals surface area contributed by atoms with Gasteiger partial charge in [0.2, 0.25) is 0 Å². The van der Waals surface area contributed by atoms with E-state index in [4.69, 9.17) is 0 Å². The highest BCUT2D eigenvalue weighted by Gasteiger charge is 2.20. The van der Waals surface area contributed by atoms with E-state index in [2.05, 4.69) is 55.3 Å². The summed E-state index contributed by atoms with van der Waals surface area (Å²) in [6.07, 6.45) is 3.94. The third-order valence-electron chi connectivity index (χ3n) is 4.63. The van der Waals surface area contributed by atoms with E-state index in [1.165, 1.54) is 19.3 Å². The normalized spacial score (nSPS) is 19.9. The van der Waals surface area contributed by atoms with Gasteiger partial charge in [-0.3, -0.25) is 0 Å². The molecule has 0 fully saturated rings. The number of hydrogen-bond donors (Lipinski definition) is 1. The molecule has 0 spiro atoms. The predicted molar refractivity (Wildman–Crippen MR) is 87.4 cm³/mol. The topological polar surface area (TPSA) is 15.3 Å². The molecule has 0 saturated carbocycles. The zero-order valence-electron chi connectivity index (χ0n) is 13.4. The lowest BCUT2D eigenvalue weighted by Gasteiger charge is -2.29. The molecule has 0 heterocycles. The van der Waals surface area contributed by atoms with E-state index in [0.29, 0.717) is 12.0 Å². The summed E-state index contributed by atoms with van der Waals surface area (Å²) in [7, 11) is 0. The molecule has 2 heteroatoms. The van der Waals surface area contributed by atoms with E-state index in [-0.39, 0.29) is 0 Å². The minimum atomic E-state index is 0.573. The van der Waals surface area contributed by atoms with Crippen LogP contribution in [0, 0.1) is 0 Å². The highest BCUT2D eigenvalue weighted by atomic mass is 15.1. The second kappa shape index (κ2) is 7.80. The van der Waals surface area contributed by atoms with Crippen LogP contribution in [0.3, 0.4) is 0 Å². The number of likely N-dealkylation sites (N-methyl/N-ethyl adjacent to an activating group) is 1. The van der Waals surface area contributed by atoms with Crippen LogP contribution in [0.25, 0.3) is 0 Å². The van der Waals surface area contributed by atoms with Gasteiger partial charge in [0.25, 0.3) is 0 Å². The van der Waals surface area contributed by atoms with Gasteiger partial charge in [0, 0.05) is 19.1 Å². The van der Waals surface area contributed by atoms with Gasteiger partial charge in [-0.2, -0.15) is 0 Å². The molecule has 0 aliphatic heterocycles. The highest BCUT2D eigenvalue weighted by molar-refractivity contribution is 5.32. The maximum atomic E-state index is 3.75. The molecule has 0 bridgehead atoms. The first-order valence-electron chi connectivity index (χ1n) is 8.28. The molecule has 1 aliphatic rings. The molecular formula is C18H30N2. The van der Waals surface area contributed by atoms with Crippen molar-refractivity contribution >= 4 is 0 Å². The van der Waals surface area contributed by atoms with Crippen LogP contribution < -0.4 is 5.32 Å². The fraction of sp³-hybridized carbons (Fsp3) is 0.667. The Morgan fingerprint density at radius 1 is 1.25 bits per heavy atom. The molecular weight excluding hydrogens is 244 g/mol. The van der Waals surface area contributed by atoms with Crippen molar-refractivity contribution in [1.29, 1.82) is 0 Å². The predicted octanol–water partition coefficient (Wildman–Crippen LogP) is 3.43. The van der Waals surface area contributed by atoms with Crippen molar-refractivity contribution in [3.05, 3.63) is 35.4 Å². The van der Waals surface area contributed by atoms with Crippen LogP contribution in [0.4, 0.5) is 0 Å². The smallest absolute Gasteiger partial charge is 0.0166 e. The van der Waals surface area contributed by atoms with Gasteiger partial charge in [-0.05, 0) is 56.3 Å². The molecule has 1 aliphatic carbocycles. The van der Waals surface area contributed by atoms with Crippen LogP contribution in [0.5, 0.6) is 0 Å². The third kappa shape index (κ3) is 4.07. The fourth-order valence-electron chi connectivity index (χ4n) is 3.34. The monoisotopic (exact) mass is 274 g/mol. The summed E-state index contributed by atoms with van der Waals surface area (Å²) >= 11 is 0. The van der Waals surface area contributed by atoms with Crippen molar-refractivity contribution in [3.63, 3.8) is 0 Å². The summed E-state index contributed by atoms with van der Waals surface area (Å²) < 4.78 is 0. The van der Waals surface area contributed by atoms with Crippen LogP contribution in [0.2, 0.25) is 0 Å². The second-order valence-corrected chi connectivity index (χ2v) is 6.08. The maximum Gasteiger partial charge on any atom is 0.0166 e.